The molecule has 0 amide bonds. The van der Waals surface area contributed by atoms with Gasteiger partial charge in [0.2, 0.25) is 0 Å². The predicted molar refractivity (Wildman–Crippen MR) is 85.7 cm³/mol. The zero-order valence-electron chi connectivity index (χ0n) is 11.3. The van der Waals surface area contributed by atoms with Gasteiger partial charge in [0, 0.05) is 36.7 Å². The summed E-state index contributed by atoms with van der Waals surface area (Å²) < 4.78 is 14.0. The standard InChI is InChI=1S/C16H16BrFN2/c1-19-9-10-20(16-7-3-2-6-15(16)19)14-8-4-5-13(18)12(14)11-17/h2-8H,9-11H2,1H3. The van der Waals surface area contributed by atoms with E-state index in [0.717, 1.165) is 24.5 Å². The van der Waals surface area contributed by atoms with Gasteiger partial charge in [0.05, 0.1) is 11.4 Å². The molecule has 0 spiro atoms. The normalized spacial score (nSPS) is 14.3. The van der Waals surface area contributed by atoms with E-state index in [2.05, 4.69) is 44.9 Å². The Morgan fingerprint density at radius 2 is 1.70 bits per heavy atom. The summed E-state index contributed by atoms with van der Waals surface area (Å²) in [5.41, 5.74) is 3.98. The van der Waals surface area contributed by atoms with Crippen molar-refractivity contribution in [1.29, 1.82) is 0 Å². The summed E-state index contributed by atoms with van der Waals surface area (Å²) in [5, 5.41) is 0.517. The number of hydrogen-bond acceptors (Lipinski definition) is 2. The SMILES string of the molecule is CN1CCN(c2cccc(F)c2CBr)c2ccccc21. The van der Waals surface area contributed by atoms with Crippen LogP contribution in [-0.2, 0) is 5.33 Å². The van der Waals surface area contributed by atoms with Crippen molar-refractivity contribution in [2.45, 2.75) is 5.33 Å². The van der Waals surface area contributed by atoms with E-state index in [1.165, 1.54) is 11.8 Å². The van der Waals surface area contributed by atoms with Gasteiger partial charge >= 0.3 is 0 Å². The fourth-order valence-electron chi connectivity index (χ4n) is 2.69. The topological polar surface area (TPSA) is 6.48 Å². The first-order valence-corrected chi connectivity index (χ1v) is 7.75. The minimum atomic E-state index is -0.157. The highest BCUT2D eigenvalue weighted by molar-refractivity contribution is 9.08. The highest BCUT2D eigenvalue weighted by Gasteiger charge is 2.23. The summed E-state index contributed by atoms with van der Waals surface area (Å²) in [6, 6.07) is 13.5. The van der Waals surface area contributed by atoms with Crippen molar-refractivity contribution >= 4 is 33.0 Å². The Morgan fingerprint density at radius 1 is 1.00 bits per heavy atom. The maximum absolute atomic E-state index is 14.0. The van der Waals surface area contributed by atoms with Crippen molar-refractivity contribution in [1.82, 2.24) is 0 Å². The molecule has 1 heterocycles. The molecule has 1 aliphatic heterocycles. The average Bonchev–Trinajstić information content (AvgIpc) is 2.48. The number of nitrogens with zero attached hydrogens (tertiary/aromatic N) is 2. The molecule has 2 nitrogen and oxygen atoms in total. The van der Waals surface area contributed by atoms with Gasteiger partial charge in [0.15, 0.2) is 0 Å². The minimum Gasteiger partial charge on any atom is -0.371 e. The van der Waals surface area contributed by atoms with Crippen molar-refractivity contribution in [2.24, 2.45) is 0 Å². The van der Waals surface area contributed by atoms with Crippen molar-refractivity contribution in [3.63, 3.8) is 0 Å². The zero-order valence-corrected chi connectivity index (χ0v) is 12.9. The van der Waals surface area contributed by atoms with Crippen LogP contribution >= 0.6 is 15.9 Å². The Labute approximate surface area is 126 Å². The molecule has 0 aliphatic carbocycles. The largest absolute Gasteiger partial charge is 0.371 e. The molecular formula is C16H16BrFN2. The molecule has 1 aliphatic rings. The number of anilines is 3. The van der Waals surface area contributed by atoms with Crippen LogP contribution in [0, 0.1) is 5.82 Å². The Kier molecular flexibility index (Phi) is 3.66. The number of rotatable bonds is 2. The molecule has 4 heteroatoms. The van der Waals surface area contributed by atoms with E-state index < -0.39 is 0 Å². The minimum absolute atomic E-state index is 0.157. The van der Waals surface area contributed by atoms with Gasteiger partial charge in [-0.05, 0) is 24.3 Å². The summed E-state index contributed by atoms with van der Waals surface area (Å²) >= 11 is 3.40. The third kappa shape index (κ3) is 2.18. The molecule has 0 saturated carbocycles. The fourth-order valence-corrected chi connectivity index (χ4v) is 3.24. The van der Waals surface area contributed by atoms with Crippen molar-refractivity contribution in [2.75, 3.05) is 29.9 Å². The van der Waals surface area contributed by atoms with Crippen LogP contribution in [0.15, 0.2) is 42.5 Å². The van der Waals surface area contributed by atoms with Gasteiger partial charge in [-0.2, -0.15) is 0 Å². The predicted octanol–water partition coefficient (Wildman–Crippen LogP) is 4.31. The number of fused-ring (bicyclic) bond motifs is 1. The van der Waals surface area contributed by atoms with Crippen LogP contribution in [0.1, 0.15) is 5.56 Å². The lowest BCUT2D eigenvalue weighted by molar-refractivity contribution is 0.617. The lowest BCUT2D eigenvalue weighted by Gasteiger charge is -2.37. The van der Waals surface area contributed by atoms with E-state index in [1.807, 2.05) is 18.2 Å². The summed E-state index contributed by atoms with van der Waals surface area (Å²) in [6.07, 6.45) is 0. The van der Waals surface area contributed by atoms with Crippen molar-refractivity contribution in [3.05, 3.63) is 53.8 Å². The van der Waals surface area contributed by atoms with Crippen LogP contribution in [-0.4, -0.2) is 20.1 Å². The molecule has 0 fully saturated rings. The van der Waals surface area contributed by atoms with E-state index in [0.29, 0.717) is 10.9 Å². The Hall–Kier alpha value is -1.55. The molecule has 0 saturated heterocycles. The zero-order chi connectivity index (χ0) is 14.1. The Bertz CT molecular complexity index is 630. The van der Waals surface area contributed by atoms with Crippen LogP contribution in [0.4, 0.5) is 21.5 Å². The first-order chi connectivity index (χ1) is 9.72. The fraction of sp³-hybridized carbons (Fsp3) is 0.250. The Balaban J connectivity index is 2.13. The molecule has 2 aromatic rings. The molecule has 20 heavy (non-hydrogen) atoms. The molecule has 0 unspecified atom stereocenters. The van der Waals surface area contributed by atoms with Gasteiger partial charge in [-0.15, -0.1) is 0 Å². The smallest absolute Gasteiger partial charge is 0.129 e. The second kappa shape index (κ2) is 5.44. The monoisotopic (exact) mass is 334 g/mol. The van der Waals surface area contributed by atoms with Gasteiger partial charge in [-0.1, -0.05) is 34.1 Å². The highest BCUT2D eigenvalue weighted by Crippen LogP contribution is 2.39. The van der Waals surface area contributed by atoms with E-state index in [9.17, 15) is 4.39 Å². The number of para-hydroxylation sites is 2. The van der Waals surface area contributed by atoms with Gasteiger partial charge < -0.3 is 9.80 Å². The maximum atomic E-state index is 14.0. The maximum Gasteiger partial charge on any atom is 0.129 e. The van der Waals surface area contributed by atoms with Crippen molar-refractivity contribution < 1.29 is 4.39 Å². The number of halogens is 2. The van der Waals surface area contributed by atoms with Crippen LogP contribution in [0.5, 0.6) is 0 Å². The number of alkyl halides is 1. The van der Waals surface area contributed by atoms with E-state index in [1.54, 1.807) is 6.07 Å². The quantitative estimate of drug-likeness (QED) is 0.755. The van der Waals surface area contributed by atoms with Crippen molar-refractivity contribution in [3.8, 4) is 0 Å². The second-order valence-electron chi connectivity index (χ2n) is 4.93. The van der Waals surface area contributed by atoms with Crippen LogP contribution in [0.3, 0.4) is 0 Å². The lowest BCUT2D eigenvalue weighted by Crippen LogP contribution is -2.36. The van der Waals surface area contributed by atoms with E-state index >= 15 is 0 Å². The summed E-state index contributed by atoms with van der Waals surface area (Å²) in [5.74, 6) is -0.157. The van der Waals surface area contributed by atoms with E-state index in [4.69, 9.17) is 0 Å². The first-order valence-electron chi connectivity index (χ1n) is 6.63. The third-order valence-electron chi connectivity index (χ3n) is 3.76. The average molecular weight is 335 g/mol. The molecule has 3 rings (SSSR count). The lowest BCUT2D eigenvalue weighted by atomic mass is 10.1. The summed E-state index contributed by atoms with van der Waals surface area (Å²) in [7, 11) is 2.09. The third-order valence-corrected chi connectivity index (χ3v) is 4.32. The van der Waals surface area contributed by atoms with E-state index in [-0.39, 0.29) is 5.82 Å². The molecular weight excluding hydrogens is 319 g/mol. The molecule has 0 radical (unpaired) electrons. The molecule has 0 atom stereocenters. The number of hydrogen-bond donors (Lipinski definition) is 0. The van der Waals surface area contributed by atoms with Gasteiger partial charge in [0.1, 0.15) is 5.82 Å². The van der Waals surface area contributed by atoms with Gasteiger partial charge in [-0.3, -0.25) is 0 Å². The van der Waals surface area contributed by atoms with Crippen LogP contribution in [0.25, 0.3) is 0 Å². The second-order valence-corrected chi connectivity index (χ2v) is 5.49. The molecule has 2 aromatic carbocycles. The van der Waals surface area contributed by atoms with Gasteiger partial charge in [0.25, 0.3) is 0 Å². The molecule has 0 N–H and O–H groups in total. The number of likely N-dealkylation sites (N-methyl/N-ethyl adjacent to an activating group) is 1. The molecule has 104 valence electrons. The number of benzene rings is 2. The van der Waals surface area contributed by atoms with Crippen LogP contribution in [0.2, 0.25) is 0 Å². The molecule has 0 bridgehead atoms. The Morgan fingerprint density at radius 3 is 2.45 bits per heavy atom. The van der Waals surface area contributed by atoms with Crippen LogP contribution < -0.4 is 9.80 Å². The summed E-state index contributed by atoms with van der Waals surface area (Å²) in [6.45, 7) is 1.78. The van der Waals surface area contributed by atoms with Gasteiger partial charge in [-0.25, -0.2) is 4.39 Å². The molecule has 0 aromatic heterocycles. The first kappa shape index (κ1) is 13.4. The highest BCUT2D eigenvalue weighted by atomic mass is 79.9. The summed E-state index contributed by atoms with van der Waals surface area (Å²) in [4.78, 5) is 4.44.